The summed E-state index contributed by atoms with van der Waals surface area (Å²) in [6.07, 6.45) is 1.21. The Kier molecular flexibility index (Phi) is 6.11. The monoisotopic (exact) mass is 332 g/mol. The van der Waals surface area contributed by atoms with Gasteiger partial charge in [0.1, 0.15) is 0 Å². The first-order chi connectivity index (χ1) is 8.75. The second-order valence-electron chi connectivity index (χ2n) is 4.65. The Bertz CT molecular complexity index is 353. The molecular weight excluding hydrogens is 312 g/mol. The molecule has 0 bridgehead atoms. The molecule has 5 heteroatoms. The molecule has 2 rings (SSSR count). The minimum atomic E-state index is 0.450. The van der Waals surface area contributed by atoms with Gasteiger partial charge in [0.05, 0.1) is 13.2 Å². The summed E-state index contributed by atoms with van der Waals surface area (Å²) in [7, 11) is 0. The third-order valence-corrected chi connectivity index (χ3v) is 5.10. The van der Waals surface area contributed by atoms with Crippen molar-refractivity contribution in [3.05, 3.63) is 20.8 Å². The molecule has 1 fully saturated rings. The van der Waals surface area contributed by atoms with Crippen LogP contribution in [0.15, 0.2) is 15.9 Å². The van der Waals surface area contributed by atoms with Gasteiger partial charge in [0, 0.05) is 33.9 Å². The van der Waals surface area contributed by atoms with E-state index in [2.05, 4.69) is 44.5 Å². The maximum Gasteiger partial charge on any atom is 0.0594 e. The largest absolute Gasteiger partial charge is 0.379 e. The standard InChI is InChI=1S/C13H21BrN2OS/c1-11(13-9-12(14)10-18-13)15-3-2-4-16-5-7-17-8-6-16/h9-11,15H,2-8H2,1H3. The molecule has 0 radical (unpaired) electrons. The fourth-order valence-electron chi connectivity index (χ4n) is 2.10. The van der Waals surface area contributed by atoms with Crippen molar-refractivity contribution in [2.75, 3.05) is 39.4 Å². The van der Waals surface area contributed by atoms with E-state index in [9.17, 15) is 0 Å². The predicted molar refractivity (Wildman–Crippen MR) is 80.3 cm³/mol. The van der Waals surface area contributed by atoms with E-state index in [0.717, 1.165) is 32.8 Å². The topological polar surface area (TPSA) is 24.5 Å². The van der Waals surface area contributed by atoms with Gasteiger partial charge in [-0.25, -0.2) is 0 Å². The number of rotatable bonds is 6. The average Bonchev–Trinajstić information content (AvgIpc) is 2.82. The SMILES string of the molecule is CC(NCCCN1CCOCC1)c1cc(Br)cs1. The van der Waals surface area contributed by atoms with Crippen LogP contribution in [0.3, 0.4) is 0 Å². The zero-order valence-corrected chi connectivity index (χ0v) is 13.2. The van der Waals surface area contributed by atoms with Crippen LogP contribution in [0.1, 0.15) is 24.3 Å². The van der Waals surface area contributed by atoms with E-state index in [1.54, 1.807) is 0 Å². The normalized spacial score (nSPS) is 19.0. The predicted octanol–water partition coefficient (Wildman–Crippen LogP) is 2.88. The molecule has 1 aromatic heterocycles. The van der Waals surface area contributed by atoms with E-state index in [0.29, 0.717) is 6.04 Å². The molecule has 2 heterocycles. The Labute approximate surface area is 122 Å². The van der Waals surface area contributed by atoms with E-state index >= 15 is 0 Å². The minimum absolute atomic E-state index is 0.450. The van der Waals surface area contributed by atoms with Gasteiger partial charge in [-0.15, -0.1) is 11.3 Å². The van der Waals surface area contributed by atoms with Gasteiger partial charge >= 0.3 is 0 Å². The highest BCUT2D eigenvalue weighted by molar-refractivity contribution is 9.10. The number of nitrogens with one attached hydrogen (secondary N) is 1. The fourth-order valence-corrected chi connectivity index (χ4v) is 3.58. The van der Waals surface area contributed by atoms with Crippen molar-refractivity contribution in [1.29, 1.82) is 0 Å². The van der Waals surface area contributed by atoms with E-state index in [1.807, 2.05) is 11.3 Å². The zero-order chi connectivity index (χ0) is 12.8. The summed E-state index contributed by atoms with van der Waals surface area (Å²) in [5.41, 5.74) is 0. The highest BCUT2D eigenvalue weighted by Crippen LogP contribution is 2.25. The van der Waals surface area contributed by atoms with Gasteiger partial charge < -0.3 is 10.1 Å². The Hall–Kier alpha value is 0.0600. The third kappa shape index (κ3) is 4.63. The molecule has 1 aliphatic rings. The van der Waals surface area contributed by atoms with Crippen LogP contribution in [0.25, 0.3) is 0 Å². The molecule has 0 amide bonds. The third-order valence-electron chi connectivity index (χ3n) is 3.22. The van der Waals surface area contributed by atoms with E-state index in [1.165, 1.54) is 22.3 Å². The van der Waals surface area contributed by atoms with Gasteiger partial charge in [-0.3, -0.25) is 4.90 Å². The molecule has 1 atom stereocenters. The molecule has 1 N–H and O–H groups in total. The summed E-state index contributed by atoms with van der Waals surface area (Å²) in [5, 5.41) is 5.72. The van der Waals surface area contributed by atoms with Gasteiger partial charge in [0.15, 0.2) is 0 Å². The van der Waals surface area contributed by atoms with Gasteiger partial charge in [-0.1, -0.05) is 0 Å². The van der Waals surface area contributed by atoms with E-state index < -0.39 is 0 Å². The lowest BCUT2D eigenvalue weighted by molar-refractivity contribution is 0.0374. The first kappa shape index (κ1) is 14.5. The van der Waals surface area contributed by atoms with Gasteiger partial charge in [0.2, 0.25) is 0 Å². The molecule has 0 saturated carbocycles. The van der Waals surface area contributed by atoms with Crippen LogP contribution in [0.2, 0.25) is 0 Å². The Morgan fingerprint density at radius 2 is 2.28 bits per heavy atom. The van der Waals surface area contributed by atoms with Crippen molar-refractivity contribution in [2.45, 2.75) is 19.4 Å². The minimum Gasteiger partial charge on any atom is -0.379 e. The zero-order valence-electron chi connectivity index (χ0n) is 10.8. The number of halogens is 1. The molecule has 0 aliphatic carbocycles. The molecule has 0 aromatic carbocycles. The van der Waals surface area contributed by atoms with Crippen molar-refractivity contribution in [3.8, 4) is 0 Å². The fraction of sp³-hybridized carbons (Fsp3) is 0.692. The highest BCUT2D eigenvalue weighted by atomic mass is 79.9. The van der Waals surface area contributed by atoms with Crippen LogP contribution in [0, 0.1) is 0 Å². The van der Waals surface area contributed by atoms with Gasteiger partial charge in [-0.2, -0.15) is 0 Å². The van der Waals surface area contributed by atoms with Crippen molar-refractivity contribution in [2.24, 2.45) is 0 Å². The maximum absolute atomic E-state index is 5.34. The van der Waals surface area contributed by atoms with E-state index in [4.69, 9.17) is 4.74 Å². The number of ether oxygens (including phenoxy) is 1. The average molecular weight is 333 g/mol. The summed E-state index contributed by atoms with van der Waals surface area (Å²) < 4.78 is 6.53. The second-order valence-corrected chi connectivity index (χ2v) is 6.51. The molecule has 18 heavy (non-hydrogen) atoms. The number of morpholine rings is 1. The van der Waals surface area contributed by atoms with Crippen molar-refractivity contribution in [1.82, 2.24) is 10.2 Å². The first-order valence-electron chi connectivity index (χ1n) is 6.53. The van der Waals surface area contributed by atoms with Gasteiger partial charge in [-0.05, 0) is 48.4 Å². The van der Waals surface area contributed by atoms with Gasteiger partial charge in [0.25, 0.3) is 0 Å². The molecular formula is C13H21BrN2OS. The van der Waals surface area contributed by atoms with Crippen LogP contribution < -0.4 is 5.32 Å². The summed E-state index contributed by atoms with van der Waals surface area (Å²) >= 11 is 5.31. The van der Waals surface area contributed by atoms with Crippen molar-refractivity contribution < 1.29 is 4.74 Å². The number of hydrogen-bond donors (Lipinski definition) is 1. The molecule has 0 spiro atoms. The molecule has 3 nitrogen and oxygen atoms in total. The summed E-state index contributed by atoms with van der Waals surface area (Å²) in [6, 6.07) is 2.65. The molecule has 1 aliphatic heterocycles. The number of hydrogen-bond acceptors (Lipinski definition) is 4. The molecule has 1 unspecified atom stereocenters. The lowest BCUT2D eigenvalue weighted by Crippen LogP contribution is -2.37. The second kappa shape index (κ2) is 7.60. The highest BCUT2D eigenvalue weighted by Gasteiger charge is 2.10. The molecule has 1 saturated heterocycles. The number of nitrogens with zero attached hydrogens (tertiary/aromatic N) is 1. The maximum atomic E-state index is 5.34. The van der Waals surface area contributed by atoms with Crippen LogP contribution in [0.4, 0.5) is 0 Å². The van der Waals surface area contributed by atoms with Crippen LogP contribution >= 0.6 is 27.3 Å². The Morgan fingerprint density at radius 3 is 2.94 bits per heavy atom. The van der Waals surface area contributed by atoms with Crippen LogP contribution in [0.5, 0.6) is 0 Å². The lowest BCUT2D eigenvalue weighted by atomic mass is 10.2. The Morgan fingerprint density at radius 1 is 1.50 bits per heavy atom. The summed E-state index contributed by atoms with van der Waals surface area (Å²) in [5.74, 6) is 0. The van der Waals surface area contributed by atoms with Crippen molar-refractivity contribution >= 4 is 27.3 Å². The molecule has 1 aromatic rings. The lowest BCUT2D eigenvalue weighted by Gasteiger charge is -2.26. The van der Waals surface area contributed by atoms with Crippen molar-refractivity contribution in [3.63, 3.8) is 0 Å². The summed E-state index contributed by atoms with van der Waals surface area (Å²) in [6.45, 7) is 8.46. The van der Waals surface area contributed by atoms with Crippen LogP contribution in [-0.2, 0) is 4.74 Å². The Balaban J connectivity index is 1.60. The number of thiophene rings is 1. The summed E-state index contributed by atoms with van der Waals surface area (Å²) in [4.78, 5) is 3.88. The molecule has 102 valence electrons. The van der Waals surface area contributed by atoms with E-state index in [-0.39, 0.29) is 0 Å². The quantitative estimate of drug-likeness (QED) is 0.810. The van der Waals surface area contributed by atoms with Crippen LogP contribution in [-0.4, -0.2) is 44.3 Å². The smallest absolute Gasteiger partial charge is 0.0594 e. The first-order valence-corrected chi connectivity index (χ1v) is 8.20.